The molecule has 3 aromatic rings. The Labute approximate surface area is 200 Å². The molecule has 3 aliphatic heterocycles. The number of nitrogens with one attached hydrogen (secondary N) is 1. The van der Waals surface area contributed by atoms with Crippen molar-refractivity contribution in [2.75, 3.05) is 12.4 Å². The van der Waals surface area contributed by atoms with Crippen molar-refractivity contribution in [3.63, 3.8) is 0 Å². The van der Waals surface area contributed by atoms with Gasteiger partial charge in [-0.3, -0.25) is 4.79 Å². The van der Waals surface area contributed by atoms with Crippen LogP contribution in [0.3, 0.4) is 0 Å². The van der Waals surface area contributed by atoms with Crippen molar-refractivity contribution in [2.24, 2.45) is 5.10 Å². The van der Waals surface area contributed by atoms with Gasteiger partial charge in [0.15, 0.2) is 11.5 Å². The van der Waals surface area contributed by atoms with Gasteiger partial charge in [-0.1, -0.05) is 53.2 Å². The lowest BCUT2D eigenvalue weighted by molar-refractivity contribution is -0.161. The predicted octanol–water partition coefficient (Wildman–Crippen LogP) is 5.37. The Bertz CT molecular complexity index is 1320. The molecule has 0 radical (unpaired) electrons. The Morgan fingerprint density at radius 2 is 2.03 bits per heavy atom. The molecular formula is C26H22BrN3O3. The first-order valence-corrected chi connectivity index (χ1v) is 11.8. The van der Waals surface area contributed by atoms with Gasteiger partial charge in [0.1, 0.15) is 0 Å². The summed E-state index contributed by atoms with van der Waals surface area (Å²) in [7, 11) is 1.62. The number of hydrogen-bond acceptors (Lipinski definition) is 5. The zero-order valence-corrected chi connectivity index (χ0v) is 19.8. The van der Waals surface area contributed by atoms with Crippen LogP contribution < -0.4 is 14.8 Å². The molecule has 0 aromatic heterocycles. The van der Waals surface area contributed by atoms with Crippen LogP contribution in [0.4, 0.5) is 5.69 Å². The second-order valence-corrected chi connectivity index (χ2v) is 9.35. The molecule has 3 aliphatic rings. The predicted molar refractivity (Wildman–Crippen MR) is 130 cm³/mol. The highest BCUT2D eigenvalue weighted by atomic mass is 79.9. The van der Waals surface area contributed by atoms with Gasteiger partial charge in [-0.15, -0.1) is 0 Å². The maximum Gasteiger partial charge on any atom is 0.306 e. The first-order chi connectivity index (χ1) is 16.0. The van der Waals surface area contributed by atoms with E-state index in [1.54, 1.807) is 7.11 Å². The molecule has 7 heteroatoms. The van der Waals surface area contributed by atoms with Crippen LogP contribution in [-0.2, 0) is 16.9 Å². The van der Waals surface area contributed by atoms with Crippen LogP contribution in [0.1, 0.15) is 41.6 Å². The summed E-state index contributed by atoms with van der Waals surface area (Å²) in [6.45, 7) is 2.10. The Hall–Kier alpha value is -3.32. The average molecular weight is 504 g/mol. The van der Waals surface area contributed by atoms with Crippen molar-refractivity contribution in [1.29, 1.82) is 0 Å². The van der Waals surface area contributed by atoms with Gasteiger partial charge in [0.05, 0.1) is 30.1 Å². The number of fused-ring (bicyclic) bond motifs is 6. The third-order valence-electron chi connectivity index (χ3n) is 6.66. The standard InChI is InChI=1S/C26H22BrN3O3/c1-3-15-7-12-20-19(13-15)26(25(31)28-20)30-22(18-5-4-6-23(32-2)24(18)33-26)14-21(29-30)16-8-10-17(27)11-9-16/h4-13,22H,3,14H2,1-2H3,(H,28,31)/t22-,26-/m1/s1. The van der Waals surface area contributed by atoms with E-state index < -0.39 is 5.72 Å². The molecule has 1 amide bonds. The monoisotopic (exact) mass is 503 g/mol. The molecule has 33 heavy (non-hydrogen) atoms. The summed E-state index contributed by atoms with van der Waals surface area (Å²) < 4.78 is 13.3. The second-order valence-electron chi connectivity index (χ2n) is 8.43. The van der Waals surface area contributed by atoms with Gasteiger partial charge in [-0.2, -0.15) is 5.10 Å². The molecule has 3 heterocycles. The fraction of sp³-hybridized carbons (Fsp3) is 0.231. The average Bonchev–Trinajstić information content (AvgIpc) is 3.40. The van der Waals surface area contributed by atoms with E-state index in [0.29, 0.717) is 17.9 Å². The van der Waals surface area contributed by atoms with E-state index in [9.17, 15) is 4.79 Å². The Morgan fingerprint density at radius 1 is 1.21 bits per heavy atom. The number of benzene rings is 3. The number of carbonyl (C=O) groups is 1. The highest BCUT2D eigenvalue weighted by Crippen LogP contribution is 2.56. The molecule has 0 bridgehead atoms. The number of aryl methyl sites for hydroxylation is 1. The van der Waals surface area contributed by atoms with E-state index >= 15 is 0 Å². The van der Waals surface area contributed by atoms with E-state index in [4.69, 9.17) is 14.6 Å². The molecular weight excluding hydrogens is 482 g/mol. The van der Waals surface area contributed by atoms with Crippen molar-refractivity contribution < 1.29 is 14.3 Å². The SMILES string of the molecule is CCc1ccc2c(c1)[C@@]1(Oc3c(OC)cccc3[C@H]3CC(c4ccc(Br)cc4)=NN31)C(=O)N2. The summed E-state index contributed by atoms with van der Waals surface area (Å²) in [6.07, 6.45) is 1.51. The smallest absolute Gasteiger partial charge is 0.306 e. The van der Waals surface area contributed by atoms with Crippen molar-refractivity contribution in [2.45, 2.75) is 31.5 Å². The summed E-state index contributed by atoms with van der Waals surface area (Å²) >= 11 is 3.50. The minimum Gasteiger partial charge on any atom is -0.493 e. The summed E-state index contributed by atoms with van der Waals surface area (Å²) in [6, 6.07) is 19.8. The molecule has 0 aliphatic carbocycles. The number of hydrazone groups is 1. The van der Waals surface area contributed by atoms with Crippen molar-refractivity contribution in [3.8, 4) is 11.5 Å². The molecule has 166 valence electrons. The van der Waals surface area contributed by atoms with E-state index in [2.05, 4.69) is 34.2 Å². The maximum atomic E-state index is 13.7. The lowest BCUT2D eigenvalue weighted by Gasteiger charge is -2.44. The Morgan fingerprint density at radius 3 is 2.79 bits per heavy atom. The van der Waals surface area contributed by atoms with Gasteiger partial charge in [-0.25, -0.2) is 5.01 Å². The number of nitrogens with zero attached hydrogens (tertiary/aromatic N) is 2. The van der Waals surface area contributed by atoms with Gasteiger partial charge in [0, 0.05) is 16.5 Å². The van der Waals surface area contributed by atoms with Crippen molar-refractivity contribution >= 4 is 33.2 Å². The molecule has 1 spiro atoms. The third kappa shape index (κ3) is 2.85. The van der Waals surface area contributed by atoms with E-state index in [1.165, 1.54) is 0 Å². The lowest BCUT2D eigenvalue weighted by Crippen LogP contribution is -2.55. The number of halogens is 1. The summed E-state index contributed by atoms with van der Waals surface area (Å²) in [5.74, 6) is 0.961. The highest BCUT2D eigenvalue weighted by Gasteiger charge is 2.61. The minimum atomic E-state index is -1.40. The molecule has 2 atom stereocenters. The number of para-hydroxylation sites is 1. The van der Waals surface area contributed by atoms with Crippen LogP contribution in [0, 0.1) is 0 Å². The van der Waals surface area contributed by atoms with Gasteiger partial charge >= 0.3 is 5.72 Å². The molecule has 0 fully saturated rings. The maximum absolute atomic E-state index is 13.7. The van der Waals surface area contributed by atoms with Gasteiger partial charge in [-0.05, 0) is 47.9 Å². The Kier molecular flexibility index (Phi) is 4.52. The van der Waals surface area contributed by atoms with Crippen LogP contribution >= 0.6 is 15.9 Å². The number of hydrogen-bond donors (Lipinski definition) is 1. The van der Waals surface area contributed by atoms with Crippen LogP contribution in [-0.4, -0.2) is 23.7 Å². The van der Waals surface area contributed by atoms with Gasteiger partial charge in [0.2, 0.25) is 0 Å². The fourth-order valence-electron chi connectivity index (χ4n) is 4.98. The molecule has 0 unspecified atom stereocenters. The van der Waals surface area contributed by atoms with Crippen LogP contribution in [0.5, 0.6) is 11.5 Å². The zero-order valence-electron chi connectivity index (χ0n) is 18.3. The zero-order chi connectivity index (χ0) is 22.7. The minimum absolute atomic E-state index is 0.163. The van der Waals surface area contributed by atoms with Crippen LogP contribution in [0.15, 0.2) is 70.2 Å². The quantitative estimate of drug-likeness (QED) is 0.521. The van der Waals surface area contributed by atoms with Crippen molar-refractivity contribution in [1.82, 2.24) is 5.01 Å². The molecule has 0 saturated carbocycles. The first-order valence-electron chi connectivity index (χ1n) is 11.0. The third-order valence-corrected chi connectivity index (χ3v) is 7.19. The first kappa shape index (κ1) is 20.3. The number of ether oxygens (including phenoxy) is 2. The summed E-state index contributed by atoms with van der Waals surface area (Å²) in [5.41, 5.74) is 4.17. The molecule has 3 aromatic carbocycles. The van der Waals surface area contributed by atoms with Crippen LogP contribution in [0.25, 0.3) is 0 Å². The summed E-state index contributed by atoms with van der Waals surface area (Å²) in [4.78, 5) is 13.7. The number of rotatable bonds is 3. The van der Waals surface area contributed by atoms with Gasteiger partial charge in [0.25, 0.3) is 5.91 Å². The van der Waals surface area contributed by atoms with E-state index in [1.807, 2.05) is 59.6 Å². The second kappa shape index (κ2) is 7.35. The molecule has 6 rings (SSSR count). The van der Waals surface area contributed by atoms with Gasteiger partial charge < -0.3 is 14.8 Å². The fourth-order valence-corrected chi connectivity index (χ4v) is 5.24. The normalized spacial score (nSPS) is 22.3. The van der Waals surface area contributed by atoms with Crippen molar-refractivity contribution in [3.05, 3.63) is 87.4 Å². The van der Waals surface area contributed by atoms with E-state index in [0.717, 1.165) is 44.5 Å². The molecule has 1 N–H and O–H groups in total. The largest absolute Gasteiger partial charge is 0.493 e. The number of methoxy groups -OCH3 is 1. The number of carbonyl (C=O) groups excluding carboxylic acids is 1. The Balaban J connectivity index is 1.59. The molecule has 0 saturated heterocycles. The molecule has 6 nitrogen and oxygen atoms in total. The number of amides is 1. The highest BCUT2D eigenvalue weighted by molar-refractivity contribution is 9.10. The summed E-state index contributed by atoms with van der Waals surface area (Å²) in [5, 5.41) is 9.90. The lowest BCUT2D eigenvalue weighted by atomic mass is 9.91. The van der Waals surface area contributed by atoms with Crippen LogP contribution in [0.2, 0.25) is 0 Å². The number of anilines is 1. The van der Waals surface area contributed by atoms with E-state index in [-0.39, 0.29) is 11.9 Å². The topological polar surface area (TPSA) is 63.2 Å².